The summed E-state index contributed by atoms with van der Waals surface area (Å²) in [6, 6.07) is -0.539. The molecule has 0 rings (SSSR count). The van der Waals surface area contributed by atoms with Crippen molar-refractivity contribution in [3.63, 3.8) is 0 Å². The molecule has 0 aromatic rings. The SMILES string of the molecule is CNCC(CS[PH](=O)N[C@@H](C)C(=O)OC(C)C)CN(C)C. The molecule has 0 radical (unpaired) electrons. The van der Waals surface area contributed by atoms with Gasteiger partial charge in [0, 0.05) is 12.3 Å². The number of carbonyl (C=O) groups is 1. The Balaban J connectivity index is 4.14. The molecular formula is C13H30N3O3PS. The maximum Gasteiger partial charge on any atom is 0.323 e. The third kappa shape index (κ3) is 11.2. The van der Waals surface area contributed by atoms with E-state index in [1.807, 2.05) is 21.1 Å². The summed E-state index contributed by atoms with van der Waals surface area (Å²) in [6.45, 7) is 7.09. The van der Waals surface area contributed by atoms with E-state index >= 15 is 0 Å². The lowest BCUT2D eigenvalue weighted by Gasteiger charge is -2.21. The first-order chi connectivity index (χ1) is 9.76. The van der Waals surface area contributed by atoms with E-state index in [-0.39, 0.29) is 12.1 Å². The van der Waals surface area contributed by atoms with Crippen LogP contribution >= 0.6 is 18.5 Å². The van der Waals surface area contributed by atoms with Gasteiger partial charge in [0.25, 0.3) is 0 Å². The van der Waals surface area contributed by atoms with Gasteiger partial charge in [0.05, 0.1) is 6.10 Å². The number of ether oxygens (including phenoxy) is 1. The molecule has 8 heteroatoms. The van der Waals surface area contributed by atoms with Gasteiger partial charge in [-0.05, 0) is 54.4 Å². The van der Waals surface area contributed by atoms with Crippen LogP contribution in [-0.2, 0) is 14.1 Å². The fourth-order valence-electron chi connectivity index (χ4n) is 1.79. The molecular weight excluding hydrogens is 309 g/mol. The Hall–Kier alpha value is -0.0700. The molecule has 0 aliphatic heterocycles. The molecule has 0 aromatic heterocycles. The van der Waals surface area contributed by atoms with Crippen LogP contribution in [0.3, 0.4) is 0 Å². The van der Waals surface area contributed by atoms with Crippen molar-refractivity contribution >= 4 is 24.5 Å². The minimum absolute atomic E-state index is 0.156. The Bertz CT molecular complexity index is 330. The van der Waals surface area contributed by atoms with Crippen molar-refractivity contribution in [2.45, 2.75) is 32.9 Å². The molecule has 0 saturated heterocycles. The first kappa shape index (κ1) is 20.9. The van der Waals surface area contributed by atoms with Gasteiger partial charge >= 0.3 is 5.97 Å². The largest absolute Gasteiger partial charge is 0.462 e. The van der Waals surface area contributed by atoms with E-state index in [2.05, 4.69) is 15.3 Å². The van der Waals surface area contributed by atoms with Crippen molar-refractivity contribution in [2.24, 2.45) is 5.92 Å². The van der Waals surface area contributed by atoms with Crippen LogP contribution in [0.4, 0.5) is 0 Å². The standard InChI is InChI=1S/C13H30N3O3PS/c1-10(2)19-13(17)11(3)15-20(18)21-9-12(7-14-4)8-16(5)6/h10-12,14,20H,7-9H2,1-6H3,(H,15,18)/t11-,12?/m0/s1. The second kappa shape index (κ2) is 11.5. The Morgan fingerprint density at radius 2 is 1.95 bits per heavy atom. The highest BCUT2D eigenvalue weighted by Crippen LogP contribution is 2.35. The van der Waals surface area contributed by atoms with Gasteiger partial charge in [-0.25, -0.2) is 5.09 Å². The van der Waals surface area contributed by atoms with Crippen molar-refractivity contribution in [2.75, 3.05) is 40.0 Å². The summed E-state index contributed by atoms with van der Waals surface area (Å²) in [6.07, 6.45) is -0.156. The summed E-state index contributed by atoms with van der Waals surface area (Å²) < 4.78 is 17.1. The van der Waals surface area contributed by atoms with Crippen LogP contribution in [-0.4, -0.2) is 63.0 Å². The quantitative estimate of drug-likeness (QED) is 0.436. The van der Waals surface area contributed by atoms with E-state index in [9.17, 15) is 9.36 Å². The molecule has 2 unspecified atom stereocenters. The Morgan fingerprint density at radius 1 is 1.33 bits per heavy atom. The number of rotatable bonds is 11. The molecule has 0 aromatic carbocycles. The van der Waals surface area contributed by atoms with E-state index in [1.165, 1.54) is 11.4 Å². The zero-order valence-corrected chi connectivity index (χ0v) is 15.8. The molecule has 0 amide bonds. The molecule has 0 saturated carbocycles. The van der Waals surface area contributed by atoms with E-state index in [0.29, 0.717) is 5.92 Å². The molecule has 0 bridgehead atoms. The minimum atomic E-state index is -2.05. The van der Waals surface area contributed by atoms with Crippen LogP contribution in [0.25, 0.3) is 0 Å². The molecule has 126 valence electrons. The zero-order valence-electron chi connectivity index (χ0n) is 13.9. The van der Waals surface area contributed by atoms with Crippen LogP contribution in [0.15, 0.2) is 0 Å². The van der Waals surface area contributed by atoms with E-state index in [4.69, 9.17) is 4.74 Å². The molecule has 0 fully saturated rings. The molecule has 0 heterocycles. The number of hydrogen-bond donors (Lipinski definition) is 2. The van der Waals surface area contributed by atoms with E-state index < -0.39 is 13.2 Å². The maximum absolute atomic E-state index is 12.0. The number of nitrogens with zero attached hydrogens (tertiary/aromatic N) is 1. The van der Waals surface area contributed by atoms with Gasteiger partial charge in [-0.2, -0.15) is 0 Å². The fourth-order valence-corrected chi connectivity index (χ4v) is 4.89. The van der Waals surface area contributed by atoms with Gasteiger partial charge in [-0.3, -0.25) is 9.36 Å². The number of hydrogen-bond acceptors (Lipinski definition) is 6. The highest BCUT2D eigenvalue weighted by Gasteiger charge is 2.18. The van der Waals surface area contributed by atoms with Crippen LogP contribution in [0.2, 0.25) is 0 Å². The van der Waals surface area contributed by atoms with Gasteiger partial charge in [0.1, 0.15) is 6.04 Å². The average Bonchev–Trinajstić information content (AvgIpc) is 2.34. The topological polar surface area (TPSA) is 70.7 Å². The summed E-state index contributed by atoms with van der Waals surface area (Å²) in [7, 11) is 3.92. The Morgan fingerprint density at radius 3 is 2.43 bits per heavy atom. The smallest absolute Gasteiger partial charge is 0.323 e. The third-order valence-corrected chi connectivity index (χ3v) is 5.82. The van der Waals surface area contributed by atoms with Gasteiger partial charge in [0.15, 0.2) is 7.15 Å². The second-order valence-electron chi connectivity index (χ2n) is 5.64. The van der Waals surface area contributed by atoms with Crippen molar-refractivity contribution in [3.8, 4) is 0 Å². The van der Waals surface area contributed by atoms with Gasteiger partial charge in [-0.15, -0.1) is 0 Å². The van der Waals surface area contributed by atoms with Crippen molar-refractivity contribution in [3.05, 3.63) is 0 Å². The number of esters is 1. The number of nitrogens with one attached hydrogen (secondary N) is 2. The van der Waals surface area contributed by atoms with Crippen LogP contribution in [0.1, 0.15) is 20.8 Å². The summed E-state index contributed by atoms with van der Waals surface area (Å²) in [5.41, 5.74) is 0. The lowest BCUT2D eigenvalue weighted by molar-refractivity contribution is -0.148. The Kier molecular flexibility index (Phi) is 11.5. The Labute approximate surface area is 133 Å². The normalized spacial score (nSPS) is 16.0. The summed E-state index contributed by atoms with van der Waals surface area (Å²) >= 11 is 1.39. The van der Waals surface area contributed by atoms with Crippen molar-refractivity contribution < 1.29 is 14.1 Å². The second-order valence-corrected chi connectivity index (χ2v) is 9.10. The van der Waals surface area contributed by atoms with Gasteiger partial charge in [-0.1, -0.05) is 11.4 Å². The van der Waals surface area contributed by atoms with Crippen LogP contribution in [0.5, 0.6) is 0 Å². The van der Waals surface area contributed by atoms with E-state index in [1.54, 1.807) is 20.8 Å². The third-order valence-electron chi connectivity index (χ3n) is 2.61. The zero-order chi connectivity index (χ0) is 16.4. The number of carbonyl (C=O) groups excluding carboxylic acids is 1. The monoisotopic (exact) mass is 339 g/mol. The molecule has 2 N–H and O–H groups in total. The molecule has 0 spiro atoms. The van der Waals surface area contributed by atoms with Crippen molar-refractivity contribution in [1.82, 2.24) is 15.3 Å². The first-order valence-corrected chi connectivity index (χ1v) is 10.3. The fraction of sp³-hybridized carbons (Fsp3) is 0.923. The summed E-state index contributed by atoms with van der Waals surface area (Å²) in [5.74, 6) is 0.850. The molecule has 0 aliphatic carbocycles. The first-order valence-electron chi connectivity index (χ1n) is 7.19. The van der Waals surface area contributed by atoms with Crippen LogP contribution in [0, 0.1) is 5.92 Å². The maximum atomic E-state index is 12.0. The average molecular weight is 339 g/mol. The van der Waals surface area contributed by atoms with Crippen molar-refractivity contribution in [1.29, 1.82) is 0 Å². The lowest BCUT2D eigenvalue weighted by atomic mass is 10.2. The molecule has 21 heavy (non-hydrogen) atoms. The summed E-state index contributed by atoms with van der Waals surface area (Å²) in [5, 5.41) is 5.99. The minimum Gasteiger partial charge on any atom is -0.462 e. The predicted octanol–water partition coefficient (Wildman–Crippen LogP) is 1.44. The molecule has 6 nitrogen and oxygen atoms in total. The van der Waals surface area contributed by atoms with E-state index in [0.717, 1.165) is 18.8 Å². The summed E-state index contributed by atoms with van der Waals surface area (Å²) in [4.78, 5) is 13.8. The van der Waals surface area contributed by atoms with Gasteiger partial charge < -0.3 is 15.0 Å². The highest BCUT2D eigenvalue weighted by atomic mass is 32.7. The lowest BCUT2D eigenvalue weighted by Crippen LogP contribution is -2.33. The predicted molar refractivity (Wildman–Crippen MR) is 91.3 cm³/mol. The van der Waals surface area contributed by atoms with Gasteiger partial charge in [0.2, 0.25) is 0 Å². The molecule has 3 atom stereocenters. The highest BCUT2D eigenvalue weighted by molar-refractivity contribution is 8.51. The van der Waals surface area contributed by atoms with Crippen LogP contribution < -0.4 is 10.4 Å². The molecule has 0 aliphatic rings.